The first-order valence-corrected chi connectivity index (χ1v) is 8.72. The standard InChI is InChI=1S/C17H30N2O3/c1-2-3-4-5-6-7-8-10-14(20)13-16(21)19-17(22)15-11-9-12-18-15/h15,18H,2-13H2,1H3,(H,19,21,22). The van der Waals surface area contributed by atoms with Crippen LogP contribution in [0.5, 0.6) is 0 Å². The second kappa shape index (κ2) is 11.4. The Hall–Kier alpha value is -1.23. The molecule has 5 heteroatoms. The Labute approximate surface area is 133 Å². The Bertz CT molecular complexity index is 363. The summed E-state index contributed by atoms with van der Waals surface area (Å²) in [5.41, 5.74) is 0. The molecular weight excluding hydrogens is 280 g/mol. The van der Waals surface area contributed by atoms with Crippen molar-refractivity contribution in [2.45, 2.75) is 83.6 Å². The van der Waals surface area contributed by atoms with E-state index in [0.717, 1.165) is 38.6 Å². The zero-order valence-corrected chi connectivity index (χ0v) is 13.8. The number of Topliss-reactive ketones (excluding diaryl/α,β-unsaturated/α-hetero) is 1. The molecule has 0 aromatic rings. The largest absolute Gasteiger partial charge is 0.306 e. The van der Waals surface area contributed by atoms with Gasteiger partial charge in [0.05, 0.1) is 12.5 Å². The number of hydrogen-bond acceptors (Lipinski definition) is 4. The molecule has 1 atom stereocenters. The average Bonchev–Trinajstić information content (AvgIpc) is 3.00. The van der Waals surface area contributed by atoms with Crippen LogP contribution in [0.1, 0.15) is 77.6 Å². The van der Waals surface area contributed by atoms with E-state index in [1.807, 2.05) is 0 Å². The van der Waals surface area contributed by atoms with Gasteiger partial charge in [-0.15, -0.1) is 0 Å². The van der Waals surface area contributed by atoms with Crippen LogP contribution in [0.2, 0.25) is 0 Å². The van der Waals surface area contributed by atoms with Gasteiger partial charge in [0.2, 0.25) is 11.8 Å². The third kappa shape index (κ3) is 8.27. The molecule has 0 aromatic heterocycles. The molecule has 0 radical (unpaired) electrons. The maximum Gasteiger partial charge on any atom is 0.243 e. The van der Waals surface area contributed by atoms with E-state index in [0.29, 0.717) is 6.42 Å². The molecule has 0 aliphatic carbocycles. The summed E-state index contributed by atoms with van der Waals surface area (Å²) in [7, 11) is 0. The molecule has 0 saturated carbocycles. The highest BCUT2D eigenvalue weighted by molar-refractivity contribution is 6.05. The minimum Gasteiger partial charge on any atom is -0.306 e. The molecule has 5 nitrogen and oxygen atoms in total. The van der Waals surface area contributed by atoms with E-state index >= 15 is 0 Å². The highest BCUT2D eigenvalue weighted by Gasteiger charge is 2.23. The molecule has 0 bridgehead atoms. The van der Waals surface area contributed by atoms with Crippen molar-refractivity contribution >= 4 is 17.6 Å². The lowest BCUT2D eigenvalue weighted by Crippen LogP contribution is -2.43. The van der Waals surface area contributed by atoms with Gasteiger partial charge in [0.15, 0.2) is 0 Å². The van der Waals surface area contributed by atoms with E-state index in [9.17, 15) is 14.4 Å². The number of unbranched alkanes of at least 4 members (excludes halogenated alkanes) is 6. The average molecular weight is 310 g/mol. The molecule has 1 aliphatic rings. The van der Waals surface area contributed by atoms with Crippen molar-refractivity contribution in [2.75, 3.05) is 6.54 Å². The van der Waals surface area contributed by atoms with E-state index in [4.69, 9.17) is 0 Å². The van der Waals surface area contributed by atoms with Crippen LogP contribution in [0.25, 0.3) is 0 Å². The van der Waals surface area contributed by atoms with Crippen LogP contribution in [0.4, 0.5) is 0 Å². The summed E-state index contributed by atoms with van der Waals surface area (Å²) in [6.07, 6.45) is 10.0. The van der Waals surface area contributed by atoms with E-state index in [-0.39, 0.29) is 24.2 Å². The van der Waals surface area contributed by atoms with Gasteiger partial charge in [0.25, 0.3) is 0 Å². The molecule has 0 spiro atoms. The molecule has 1 rings (SSSR count). The Balaban J connectivity index is 2.03. The molecule has 1 aliphatic heterocycles. The highest BCUT2D eigenvalue weighted by atomic mass is 16.2. The molecule has 0 aromatic carbocycles. The fourth-order valence-corrected chi connectivity index (χ4v) is 2.72. The number of imide groups is 1. The Kier molecular flexibility index (Phi) is 9.71. The lowest BCUT2D eigenvalue weighted by molar-refractivity contribution is -0.133. The van der Waals surface area contributed by atoms with Crippen LogP contribution in [0, 0.1) is 0 Å². The Morgan fingerprint density at radius 2 is 1.73 bits per heavy atom. The van der Waals surface area contributed by atoms with Crippen LogP contribution < -0.4 is 10.6 Å². The van der Waals surface area contributed by atoms with Crippen LogP contribution in [0.15, 0.2) is 0 Å². The zero-order chi connectivity index (χ0) is 16.2. The lowest BCUT2D eigenvalue weighted by atomic mass is 10.1. The van der Waals surface area contributed by atoms with E-state index < -0.39 is 5.91 Å². The third-order valence-corrected chi connectivity index (χ3v) is 4.06. The zero-order valence-electron chi connectivity index (χ0n) is 13.8. The second-order valence-electron chi connectivity index (χ2n) is 6.15. The van der Waals surface area contributed by atoms with Crippen molar-refractivity contribution in [3.63, 3.8) is 0 Å². The van der Waals surface area contributed by atoms with E-state index in [1.54, 1.807) is 0 Å². The number of nitrogens with one attached hydrogen (secondary N) is 2. The van der Waals surface area contributed by atoms with Crippen molar-refractivity contribution in [3.8, 4) is 0 Å². The molecule has 1 heterocycles. The maximum absolute atomic E-state index is 11.7. The van der Waals surface area contributed by atoms with Gasteiger partial charge in [-0.25, -0.2) is 0 Å². The minimum atomic E-state index is -0.466. The fraction of sp³-hybridized carbons (Fsp3) is 0.824. The number of carbonyl (C=O) groups excluding carboxylic acids is 3. The fourth-order valence-electron chi connectivity index (χ4n) is 2.72. The smallest absolute Gasteiger partial charge is 0.243 e. The van der Waals surface area contributed by atoms with Gasteiger partial charge in [-0.2, -0.15) is 0 Å². The van der Waals surface area contributed by atoms with Crippen molar-refractivity contribution in [3.05, 3.63) is 0 Å². The van der Waals surface area contributed by atoms with Gasteiger partial charge in [0, 0.05) is 6.42 Å². The predicted molar refractivity (Wildman–Crippen MR) is 86.4 cm³/mol. The maximum atomic E-state index is 11.7. The Morgan fingerprint density at radius 1 is 1.05 bits per heavy atom. The number of ketones is 1. The topological polar surface area (TPSA) is 75.3 Å². The van der Waals surface area contributed by atoms with Crippen molar-refractivity contribution in [2.24, 2.45) is 0 Å². The van der Waals surface area contributed by atoms with Crippen LogP contribution in [0.3, 0.4) is 0 Å². The Morgan fingerprint density at radius 3 is 2.36 bits per heavy atom. The van der Waals surface area contributed by atoms with Crippen LogP contribution in [-0.2, 0) is 14.4 Å². The van der Waals surface area contributed by atoms with Gasteiger partial charge in [-0.1, -0.05) is 45.4 Å². The van der Waals surface area contributed by atoms with Crippen molar-refractivity contribution < 1.29 is 14.4 Å². The lowest BCUT2D eigenvalue weighted by Gasteiger charge is -2.09. The second-order valence-corrected chi connectivity index (χ2v) is 6.15. The normalized spacial score (nSPS) is 17.4. The highest BCUT2D eigenvalue weighted by Crippen LogP contribution is 2.09. The summed E-state index contributed by atoms with van der Waals surface area (Å²) < 4.78 is 0. The van der Waals surface area contributed by atoms with Gasteiger partial charge in [-0.05, 0) is 25.8 Å². The van der Waals surface area contributed by atoms with Gasteiger partial charge in [-0.3, -0.25) is 19.7 Å². The molecule has 1 saturated heterocycles. The quantitative estimate of drug-likeness (QED) is 0.454. The summed E-state index contributed by atoms with van der Waals surface area (Å²) in [6, 6.07) is -0.276. The number of hydrogen-bond donors (Lipinski definition) is 2. The molecule has 126 valence electrons. The summed E-state index contributed by atoms with van der Waals surface area (Å²) in [6.45, 7) is 3.00. The van der Waals surface area contributed by atoms with Gasteiger partial charge in [0.1, 0.15) is 5.78 Å². The molecule has 2 amide bonds. The number of carbonyl (C=O) groups is 3. The van der Waals surface area contributed by atoms with Crippen molar-refractivity contribution in [1.29, 1.82) is 0 Å². The summed E-state index contributed by atoms with van der Waals surface area (Å²) >= 11 is 0. The summed E-state index contributed by atoms with van der Waals surface area (Å²) in [5.74, 6) is -0.837. The predicted octanol–water partition coefficient (Wildman–Crippen LogP) is 2.48. The molecule has 2 N–H and O–H groups in total. The molecule has 1 unspecified atom stereocenters. The summed E-state index contributed by atoms with van der Waals surface area (Å²) in [5, 5.41) is 5.34. The molecule has 22 heavy (non-hydrogen) atoms. The van der Waals surface area contributed by atoms with Gasteiger partial charge >= 0.3 is 0 Å². The van der Waals surface area contributed by atoms with Crippen molar-refractivity contribution in [1.82, 2.24) is 10.6 Å². The SMILES string of the molecule is CCCCCCCCCC(=O)CC(=O)NC(=O)C1CCCN1. The summed E-state index contributed by atoms with van der Waals surface area (Å²) in [4.78, 5) is 35.1. The van der Waals surface area contributed by atoms with E-state index in [1.165, 1.54) is 25.7 Å². The van der Waals surface area contributed by atoms with E-state index in [2.05, 4.69) is 17.6 Å². The first kappa shape index (κ1) is 18.8. The van der Waals surface area contributed by atoms with Crippen LogP contribution >= 0.6 is 0 Å². The molecular formula is C17H30N2O3. The van der Waals surface area contributed by atoms with Crippen LogP contribution in [-0.4, -0.2) is 30.2 Å². The first-order chi connectivity index (χ1) is 10.6. The van der Waals surface area contributed by atoms with Gasteiger partial charge < -0.3 is 5.32 Å². The molecule has 1 fully saturated rings. The monoisotopic (exact) mass is 310 g/mol. The third-order valence-electron chi connectivity index (χ3n) is 4.06. The number of rotatable bonds is 11. The minimum absolute atomic E-state index is 0.0711. The number of amides is 2. The first-order valence-electron chi connectivity index (χ1n) is 8.72.